The van der Waals surface area contributed by atoms with Crippen LogP contribution in [0.4, 0.5) is 11.4 Å². The molecule has 0 spiro atoms. The summed E-state index contributed by atoms with van der Waals surface area (Å²) < 4.78 is 5.40. The maximum absolute atomic E-state index is 11.2. The van der Waals surface area contributed by atoms with Crippen molar-refractivity contribution in [3.05, 3.63) is 33.4 Å². The molecule has 1 aromatic carbocycles. The molecule has 0 aliphatic carbocycles. The van der Waals surface area contributed by atoms with Crippen LogP contribution in [0.3, 0.4) is 0 Å². The number of hydrogen-bond acceptors (Lipinski definition) is 7. The highest BCUT2D eigenvalue weighted by atomic mass is 16.6. The highest BCUT2D eigenvalue weighted by molar-refractivity contribution is 5.64. The molecule has 0 amide bonds. The molecule has 1 aliphatic rings. The van der Waals surface area contributed by atoms with Crippen LogP contribution in [0.1, 0.15) is 18.1 Å². The van der Waals surface area contributed by atoms with E-state index in [-0.39, 0.29) is 11.4 Å². The largest absolute Gasteiger partial charge is 0.388 e. The second-order valence-electron chi connectivity index (χ2n) is 5.59. The zero-order chi connectivity index (χ0) is 16.6. The molecule has 8 heteroatoms. The average molecular weight is 312 g/mol. The van der Waals surface area contributed by atoms with Gasteiger partial charge >= 0.3 is 0 Å². The first-order valence-corrected chi connectivity index (χ1v) is 6.94. The Labute approximate surface area is 127 Å². The average Bonchev–Trinajstić information content (AvgIpc) is 2.45. The van der Waals surface area contributed by atoms with Crippen LogP contribution in [-0.2, 0) is 4.74 Å². The van der Waals surface area contributed by atoms with Gasteiger partial charge in [-0.15, -0.1) is 0 Å². The highest BCUT2D eigenvalue weighted by Gasteiger charge is 2.42. The van der Waals surface area contributed by atoms with E-state index in [0.717, 1.165) is 11.1 Å². The van der Waals surface area contributed by atoms with Crippen molar-refractivity contribution in [1.29, 1.82) is 0 Å². The smallest absolute Gasteiger partial charge is 0.292 e. The van der Waals surface area contributed by atoms with Gasteiger partial charge in [-0.05, 0) is 38.0 Å². The summed E-state index contributed by atoms with van der Waals surface area (Å²) in [4.78, 5) is 10.6. The van der Waals surface area contributed by atoms with E-state index in [1.165, 1.54) is 6.07 Å². The summed E-state index contributed by atoms with van der Waals surface area (Å²) in [5.41, 5.74) is 1.65. The molecule has 22 heavy (non-hydrogen) atoms. The predicted molar refractivity (Wildman–Crippen MR) is 78.5 cm³/mol. The van der Waals surface area contributed by atoms with Crippen molar-refractivity contribution in [1.82, 2.24) is 0 Å². The Morgan fingerprint density at radius 1 is 1.14 bits per heavy atom. The number of nitro groups is 1. The van der Waals surface area contributed by atoms with Crippen molar-refractivity contribution in [2.24, 2.45) is 0 Å². The van der Waals surface area contributed by atoms with Gasteiger partial charge < -0.3 is 25.4 Å². The molecule has 0 bridgehead atoms. The van der Waals surface area contributed by atoms with Crippen LogP contribution < -0.4 is 5.32 Å². The lowest BCUT2D eigenvalue weighted by Gasteiger charge is -2.39. The normalized spacial score (nSPS) is 31.8. The van der Waals surface area contributed by atoms with Crippen molar-refractivity contribution in [2.45, 2.75) is 51.4 Å². The van der Waals surface area contributed by atoms with Crippen molar-refractivity contribution in [3.63, 3.8) is 0 Å². The molecular formula is C14H20N2O6. The molecule has 2 rings (SSSR count). The highest BCUT2D eigenvalue weighted by Crippen LogP contribution is 2.31. The molecule has 8 nitrogen and oxygen atoms in total. The molecule has 1 aliphatic heterocycles. The summed E-state index contributed by atoms with van der Waals surface area (Å²) >= 11 is 0. The van der Waals surface area contributed by atoms with E-state index in [1.54, 1.807) is 19.9 Å². The van der Waals surface area contributed by atoms with E-state index in [4.69, 9.17) is 4.74 Å². The zero-order valence-corrected chi connectivity index (χ0v) is 12.6. The second kappa shape index (κ2) is 6.17. The van der Waals surface area contributed by atoms with Gasteiger partial charge in [0.25, 0.3) is 5.69 Å². The van der Waals surface area contributed by atoms with E-state index >= 15 is 0 Å². The third-order valence-corrected chi connectivity index (χ3v) is 3.96. The molecule has 122 valence electrons. The molecular weight excluding hydrogens is 292 g/mol. The fourth-order valence-electron chi connectivity index (χ4n) is 2.39. The van der Waals surface area contributed by atoms with Crippen LogP contribution in [0.2, 0.25) is 0 Å². The Kier molecular flexibility index (Phi) is 4.66. The number of nitrogens with one attached hydrogen (secondary N) is 1. The maximum atomic E-state index is 11.2. The van der Waals surface area contributed by atoms with E-state index in [0.29, 0.717) is 0 Å². The van der Waals surface area contributed by atoms with Crippen molar-refractivity contribution < 1.29 is 25.0 Å². The van der Waals surface area contributed by atoms with Crippen molar-refractivity contribution in [2.75, 3.05) is 5.32 Å². The lowest BCUT2D eigenvalue weighted by atomic mass is 9.98. The summed E-state index contributed by atoms with van der Waals surface area (Å²) in [6.07, 6.45) is -5.81. The quantitative estimate of drug-likeness (QED) is 0.471. The van der Waals surface area contributed by atoms with Gasteiger partial charge in [0.05, 0.1) is 11.0 Å². The molecule has 1 fully saturated rings. The molecule has 1 saturated heterocycles. The van der Waals surface area contributed by atoms with Crippen LogP contribution >= 0.6 is 0 Å². The minimum atomic E-state index is -1.41. The standard InChI is InChI=1S/C14H20N2O6/c1-6-4-9(10(16(20)21)5-7(6)2)15-14-13(19)12(18)11(17)8(3)22-14/h4-5,8,11-15,17-19H,1-3H3/t8-,11+,12+,13-,14-/m0/s1. The lowest BCUT2D eigenvalue weighted by Crippen LogP contribution is -2.58. The molecule has 0 aromatic heterocycles. The molecule has 1 heterocycles. The van der Waals surface area contributed by atoms with Crippen molar-refractivity contribution >= 4 is 11.4 Å². The lowest BCUT2D eigenvalue weighted by molar-refractivity contribution is -0.384. The third-order valence-electron chi connectivity index (χ3n) is 3.96. The van der Waals surface area contributed by atoms with Gasteiger partial charge in [-0.3, -0.25) is 10.1 Å². The first kappa shape index (κ1) is 16.6. The molecule has 5 atom stereocenters. The third kappa shape index (κ3) is 3.05. The van der Waals surface area contributed by atoms with Crippen LogP contribution in [0, 0.1) is 24.0 Å². The summed E-state index contributed by atoms with van der Waals surface area (Å²) in [5.74, 6) is 0. The van der Waals surface area contributed by atoms with Gasteiger partial charge in [-0.25, -0.2) is 0 Å². The summed E-state index contributed by atoms with van der Waals surface area (Å²) in [7, 11) is 0. The number of hydrogen-bond donors (Lipinski definition) is 4. The number of aryl methyl sites for hydroxylation is 2. The molecule has 4 N–H and O–H groups in total. The molecule has 1 aromatic rings. The molecule has 0 saturated carbocycles. The number of ether oxygens (including phenoxy) is 1. The maximum Gasteiger partial charge on any atom is 0.292 e. The number of nitro benzene ring substituents is 1. The van der Waals surface area contributed by atoms with Crippen LogP contribution in [0.25, 0.3) is 0 Å². The minimum Gasteiger partial charge on any atom is -0.388 e. The topological polar surface area (TPSA) is 125 Å². The number of rotatable bonds is 3. The molecule has 0 unspecified atom stereocenters. The zero-order valence-electron chi connectivity index (χ0n) is 12.6. The van der Waals surface area contributed by atoms with Gasteiger partial charge in [0.2, 0.25) is 0 Å². The summed E-state index contributed by atoms with van der Waals surface area (Å²) in [6, 6.07) is 3.02. The Bertz CT molecular complexity index is 579. The second-order valence-corrected chi connectivity index (χ2v) is 5.59. The van der Waals surface area contributed by atoms with Crippen LogP contribution in [-0.4, -0.2) is 50.9 Å². The fourth-order valence-corrected chi connectivity index (χ4v) is 2.39. The van der Waals surface area contributed by atoms with E-state index in [1.807, 2.05) is 6.92 Å². The van der Waals surface area contributed by atoms with Crippen molar-refractivity contribution in [3.8, 4) is 0 Å². The number of benzene rings is 1. The number of aliphatic hydroxyl groups excluding tert-OH is 3. The number of nitrogens with zero attached hydrogens (tertiary/aromatic N) is 1. The SMILES string of the molecule is Cc1cc(N[C@H]2O[C@@H](C)[C@@H](O)[C@@H](O)[C@@H]2O)c([N+](=O)[O-])cc1C. The van der Waals surface area contributed by atoms with Crippen LogP contribution in [0.15, 0.2) is 12.1 Å². The first-order valence-electron chi connectivity index (χ1n) is 6.94. The van der Waals surface area contributed by atoms with E-state index in [9.17, 15) is 25.4 Å². The van der Waals surface area contributed by atoms with E-state index < -0.39 is 35.6 Å². The molecule has 0 radical (unpaired) electrons. The Morgan fingerprint density at radius 3 is 2.32 bits per heavy atom. The number of aliphatic hydroxyl groups is 3. The van der Waals surface area contributed by atoms with Crippen LogP contribution in [0.5, 0.6) is 0 Å². The Balaban J connectivity index is 2.30. The van der Waals surface area contributed by atoms with Gasteiger partial charge in [0.15, 0.2) is 6.23 Å². The first-order chi connectivity index (χ1) is 10.2. The van der Waals surface area contributed by atoms with Gasteiger partial charge in [0.1, 0.15) is 24.0 Å². The van der Waals surface area contributed by atoms with E-state index in [2.05, 4.69) is 5.32 Å². The number of anilines is 1. The van der Waals surface area contributed by atoms with Gasteiger partial charge in [-0.1, -0.05) is 0 Å². The summed E-state index contributed by atoms with van der Waals surface area (Å²) in [5, 5.41) is 43.3. The minimum absolute atomic E-state index is 0.146. The monoisotopic (exact) mass is 312 g/mol. The van der Waals surface area contributed by atoms with Gasteiger partial charge in [0, 0.05) is 6.07 Å². The summed E-state index contributed by atoms with van der Waals surface area (Å²) in [6.45, 7) is 5.12. The Hall–Kier alpha value is -1.74. The Morgan fingerprint density at radius 2 is 1.73 bits per heavy atom. The van der Waals surface area contributed by atoms with Gasteiger partial charge in [-0.2, -0.15) is 0 Å². The fraction of sp³-hybridized carbons (Fsp3) is 0.571. The predicted octanol–water partition coefficient (Wildman–Crippen LogP) is 0.451.